The fourth-order valence-electron chi connectivity index (χ4n) is 0. The predicted molar refractivity (Wildman–Crippen MR) is 35.0 cm³/mol. The summed E-state index contributed by atoms with van der Waals surface area (Å²) in [4.78, 5) is 0. The van der Waals surface area contributed by atoms with E-state index in [1.54, 1.807) is 0 Å². The van der Waals surface area contributed by atoms with Crippen LogP contribution < -0.4 is 0 Å². The van der Waals surface area contributed by atoms with Gasteiger partial charge >= 0.3 is 37.7 Å². The summed E-state index contributed by atoms with van der Waals surface area (Å²) >= 11 is 0. The Balaban J connectivity index is 0. The van der Waals surface area contributed by atoms with Crippen LogP contribution >= 0.6 is 30.5 Å². The molecule has 0 heterocycles. The summed E-state index contributed by atoms with van der Waals surface area (Å²) < 4.78 is 0. The van der Waals surface area contributed by atoms with Crippen molar-refractivity contribution >= 4 is 68.2 Å². The number of hydrogen-bond donors (Lipinski definition) is 0. The Bertz CT molecular complexity index is 6.00. The Kier molecular flexibility index (Phi) is 184. The summed E-state index contributed by atoms with van der Waals surface area (Å²) in [5.41, 5.74) is 0. The number of rotatable bonds is 0. The van der Waals surface area contributed by atoms with Crippen LogP contribution in [0, 0.1) is 0 Å². The summed E-state index contributed by atoms with van der Waals surface area (Å²) in [5.74, 6) is 0. The average Bonchev–Trinajstić information content (AvgIpc) is 0. The third-order valence-corrected chi connectivity index (χ3v) is 0. The maximum absolute atomic E-state index is 0. The molecule has 0 radical (unpaired) electrons. The van der Waals surface area contributed by atoms with Crippen molar-refractivity contribution in [2.45, 2.75) is 0 Å². The molecule has 0 aliphatic rings. The van der Waals surface area contributed by atoms with E-state index in [1.807, 2.05) is 0 Å². The number of halogens is 1. The van der Waals surface area contributed by atoms with Crippen molar-refractivity contribution in [2.75, 3.05) is 0 Å². The molecule has 0 unspecified atom stereocenters. The maximum atomic E-state index is 0. The van der Waals surface area contributed by atoms with Crippen LogP contribution in [0.1, 0.15) is 0 Å². The van der Waals surface area contributed by atoms with E-state index in [1.165, 1.54) is 0 Å². The fraction of sp³-hybridized carbons (Fsp3) is 0. The Labute approximate surface area is 67.7 Å². The van der Waals surface area contributed by atoms with Gasteiger partial charge in [-0.2, -0.15) is 13.5 Å². The fourth-order valence-corrected chi connectivity index (χ4v) is 0. The number of hydrogen-bond acceptors (Lipinski definition) is 0. The van der Waals surface area contributed by atoms with E-state index in [0.29, 0.717) is 0 Å². The van der Waals surface area contributed by atoms with Gasteiger partial charge in [0.2, 0.25) is 0 Å². The third-order valence-electron chi connectivity index (χ3n) is 0. The van der Waals surface area contributed by atoms with Crippen molar-refractivity contribution in [1.82, 2.24) is 0 Å². The first-order chi connectivity index (χ1) is 0. The second-order valence-corrected chi connectivity index (χ2v) is 0. The molecular weight excluding hydrogens is 126 g/mol. The van der Waals surface area contributed by atoms with Gasteiger partial charge in [0.15, 0.2) is 0 Å². The Morgan fingerprint density at radius 2 is 0.750 bits per heavy atom. The molecule has 0 aromatic heterocycles. The van der Waals surface area contributed by atoms with Crippen LogP contribution in [0.4, 0.5) is 0 Å². The molecule has 0 aromatic rings. The second-order valence-electron chi connectivity index (χ2n) is 0. The first-order valence-corrected chi connectivity index (χ1v) is 0. The molecule has 0 fully saturated rings. The van der Waals surface area contributed by atoms with Crippen molar-refractivity contribution in [3.63, 3.8) is 0 Å². The standard InChI is InChI=1S/BrH.2Li.H2S.2H/h1H;;;1H2;;. The van der Waals surface area contributed by atoms with E-state index < -0.39 is 0 Å². The van der Waals surface area contributed by atoms with E-state index in [0.717, 1.165) is 0 Å². The molecule has 0 aromatic carbocycles. The Morgan fingerprint density at radius 3 is 0.750 bits per heavy atom. The zero-order chi connectivity index (χ0) is 0. The molecule has 0 rings (SSSR count). The normalized spacial score (nSPS) is 0. The first kappa shape index (κ1) is 37.1. The van der Waals surface area contributed by atoms with Gasteiger partial charge in [-0.1, -0.05) is 0 Å². The van der Waals surface area contributed by atoms with Crippen molar-refractivity contribution in [3.05, 3.63) is 0 Å². The van der Waals surface area contributed by atoms with Gasteiger partial charge < -0.3 is 0 Å². The minimum absolute atomic E-state index is 0. The van der Waals surface area contributed by atoms with Gasteiger partial charge in [0.05, 0.1) is 0 Å². The third kappa shape index (κ3) is 8.98. The van der Waals surface area contributed by atoms with Gasteiger partial charge in [-0.05, 0) is 0 Å². The van der Waals surface area contributed by atoms with Crippen molar-refractivity contribution in [1.29, 1.82) is 0 Å². The Morgan fingerprint density at radius 1 is 0.750 bits per heavy atom. The van der Waals surface area contributed by atoms with E-state index in [4.69, 9.17) is 0 Å². The van der Waals surface area contributed by atoms with Crippen molar-refractivity contribution in [3.8, 4) is 0 Å². The SMILES string of the molecule is Br.S.[LiH].[LiH]. The van der Waals surface area contributed by atoms with Crippen molar-refractivity contribution in [2.24, 2.45) is 0 Å². The van der Waals surface area contributed by atoms with Gasteiger partial charge in [0, 0.05) is 0 Å². The van der Waals surface area contributed by atoms with Gasteiger partial charge in [0.1, 0.15) is 0 Å². The molecule has 0 bridgehead atoms. The summed E-state index contributed by atoms with van der Waals surface area (Å²) in [6.07, 6.45) is 0. The van der Waals surface area contributed by atoms with Crippen molar-refractivity contribution < 1.29 is 0 Å². The van der Waals surface area contributed by atoms with Gasteiger partial charge in [0.25, 0.3) is 0 Å². The van der Waals surface area contributed by atoms with Gasteiger partial charge in [-0.25, -0.2) is 0 Å². The van der Waals surface area contributed by atoms with Crippen LogP contribution in [0.2, 0.25) is 0 Å². The van der Waals surface area contributed by atoms with Crippen LogP contribution in [-0.4, -0.2) is 37.7 Å². The van der Waals surface area contributed by atoms with Gasteiger partial charge in [-0.3, -0.25) is 0 Å². The second kappa shape index (κ2) is 19.9. The summed E-state index contributed by atoms with van der Waals surface area (Å²) in [6, 6.07) is 0. The van der Waals surface area contributed by atoms with Crippen LogP contribution in [0.15, 0.2) is 0 Å². The summed E-state index contributed by atoms with van der Waals surface area (Å²) in [7, 11) is 0. The van der Waals surface area contributed by atoms with Crippen LogP contribution in [-0.2, 0) is 0 Å². The molecule has 0 amide bonds. The summed E-state index contributed by atoms with van der Waals surface area (Å²) in [6.45, 7) is 0. The molecule has 0 nitrogen and oxygen atoms in total. The first-order valence-electron chi connectivity index (χ1n) is 0. The van der Waals surface area contributed by atoms with Crippen LogP contribution in [0.3, 0.4) is 0 Å². The monoisotopic (exact) mass is 130 g/mol. The quantitative estimate of drug-likeness (QED) is 0.385. The van der Waals surface area contributed by atoms with Crippen LogP contribution in [0.5, 0.6) is 0 Å². The average molecular weight is 131 g/mol. The van der Waals surface area contributed by atoms with Crippen LogP contribution in [0.25, 0.3) is 0 Å². The molecule has 0 atom stereocenters. The predicted octanol–water partition coefficient (Wildman–Crippen LogP) is -0.606. The van der Waals surface area contributed by atoms with E-state index in [9.17, 15) is 0 Å². The Hall–Kier alpha value is 2.02. The molecule has 4 heteroatoms. The van der Waals surface area contributed by atoms with E-state index >= 15 is 0 Å². The molecule has 20 valence electrons. The molecule has 0 spiro atoms. The summed E-state index contributed by atoms with van der Waals surface area (Å²) in [5, 5.41) is 0. The van der Waals surface area contributed by atoms with E-state index in [2.05, 4.69) is 0 Å². The zero-order valence-electron chi connectivity index (χ0n) is 0.908. The molecule has 0 N–H and O–H groups in total. The minimum atomic E-state index is 0. The molecule has 0 aliphatic heterocycles. The molecule has 4 heavy (non-hydrogen) atoms. The van der Waals surface area contributed by atoms with E-state index in [-0.39, 0.29) is 68.2 Å². The molecule has 0 saturated heterocycles. The zero-order valence-corrected chi connectivity index (χ0v) is 3.62. The molecule has 0 saturated carbocycles. The topological polar surface area (TPSA) is 0 Å². The molecular formula is H5BrLi2S. The molecule has 0 aliphatic carbocycles. The van der Waals surface area contributed by atoms with Gasteiger partial charge in [-0.15, -0.1) is 17.0 Å².